The van der Waals surface area contributed by atoms with Crippen LogP contribution in [0.1, 0.15) is 6.92 Å². The highest BCUT2D eigenvalue weighted by Gasteiger charge is 2.17. The van der Waals surface area contributed by atoms with Gasteiger partial charge in [-0.25, -0.2) is 13.1 Å². The van der Waals surface area contributed by atoms with E-state index in [1.807, 2.05) is 13.2 Å². The van der Waals surface area contributed by atoms with Gasteiger partial charge in [-0.15, -0.1) is 0 Å². The van der Waals surface area contributed by atoms with E-state index in [1.165, 1.54) is 17.1 Å². The van der Waals surface area contributed by atoms with Gasteiger partial charge in [-0.3, -0.25) is 4.68 Å². The number of nitrogens with one attached hydrogen (secondary N) is 1. The Labute approximate surface area is 112 Å². The van der Waals surface area contributed by atoms with Crippen molar-refractivity contribution in [3.8, 4) is 0 Å². The Kier molecular flexibility index (Phi) is 6.13. The molecule has 0 aliphatic carbocycles. The Morgan fingerprint density at radius 2 is 2.33 bits per heavy atom. The van der Waals surface area contributed by atoms with Crippen LogP contribution in [-0.4, -0.2) is 43.3 Å². The average Bonchev–Trinajstić information content (AvgIpc) is 2.77. The molecule has 1 unspecified atom stereocenters. The largest absolute Gasteiger partial charge is 0.329 e. The van der Waals surface area contributed by atoms with Crippen molar-refractivity contribution in [3.05, 3.63) is 12.4 Å². The zero-order valence-electron chi connectivity index (χ0n) is 10.7. The summed E-state index contributed by atoms with van der Waals surface area (Å²) in [5, 5.41) is 3.95. The van der Waals surface area contributed by atoms with Gasteiger partial charge in [0.2, 0.25) is 10.0 Å². The van der Waals surface area contributed by atoms with Gasteiger partial charge >= 0.3 is 0 Å². The summed E-state index contributed by atoms with van der Waals surface area (Å²) < 4.78 is 28.0. The fraction of sp³-hybridized carbons (Fsp3) is 0.700. The molecule has 104 valence electrons. The minimum atomic E-state index is -3.45. The molecule has 0 radical (unpaired) electrons. The molecular weight excluding hydrogens is 272 g/mol. The van der Waals surface area contributed by atoms with Crippen molar-refractivity contribution >= 4 is 21.8 Å². The fourth-order valence-electron chi connectivity index (χ4n) is 1.42. The minimum Gasteiger partial charge on any atom is -0.329 e. The van der Waals surface area contributed by atoms with Crippen LogP contribution in [0.15, 0.2) is 17.3 Å². The first-order valence-electron chi connectivity index (χ1n) is 5.70. The Morgan fingerprint density at radius 1 is 1.61 bits per heavy atom. The fourth-order valence-corrected chi connectivity index (χ4v) is 3.22. The van der Waals surface area contributed by atoms with Gasteiger partial charge in [-0.2, -0.15) is 16.9 Å². The lowest BCUT2D eigenvalue weighted by molar-refractivity contribution is 0.562. The highest BCUT2D eigenvalue weighted by atomic mass is 32.2. The molecule has 0 saturated heterocycles. The van der Waals surface area contributed by atoms with E-state index in [0.29, 0.717) is 25.6 Å². The Bertz CT molecular complexity index is 458. The van der Waals surface area contributed by atoms with E-state index in [2.05, 4.69) is 9.82 Å². The molecule has 1 atom stereocenters. The van der Waals surface area contributed by atoms with Gasteiger partial charge in [0.1, 0.15) is 4.90 Å². The molecule has 1 aromatic heterocycles. The van der Waals surface area contributed by atoms with Crippen LogP contribution >= 0.6 is 11.8 Å². The van der Waals surface area contributed by atoms with Gasteiger partial charge < -0.3 is 5.73 Å². The van der Waals surface area contributed by atoms with Crippen molar-refractivity contribution < 1.29 is 8.42 Å². The summed E-state index contributed by atoms with van der Waals surface area (Å²) in [5.41, 5.74) is 5.38. The summed E-state index contributed by atoms with van der Waals surface area (Å²) in [6.45, 7) is 3.39. The lowest BCUT2D eigenvalue weighted by Gasteiger charge is -2.10. The van der Waals surface area contributed by atoms with Gasteiger partial charge in [0.25, 0.3) is 0 Å². The molecule has 0 bridgehead atoms. The topological polar surface area (TPSA) is 90.0 Å². The van der Waals surface area contributed by atoms with Crippen LogP contribution in [0.25, 0.3) is 0 Å². The lowest BCUT2D eigenvalue weighted by atomic mass is 10.2. The maximum absolute atomic E-state index is 12.0. The van der Waals surface area contributed by atoms with Crippen LogP contribution in [0.4, 0.5) is 0 Å². The zero-order valence-corrected chi connectivity index (χ0v) is 12.3. The Morgan fingerprint density at radius 3 is 2.94 bits per heavy atom. The van der Waals surface area contributed by atoms with Gasteiger partial charge in [0.05, 0.1) is 12.7 Å². The van der Waals surface area contributed by atoms with Crippen molar-refractivity contribution in [3.63, 3.8) is 0 Å². The zero-order chi connectivity index (χ0) is 13.6. The maximum Gasteiger partial charge on any atom is 0.243 e. The van der Waals surface area contributed by atoms with Gasteiger partial charge in [0, 0.05) is 19.3 Å². The maximum atomic E-state index is 12.0. The van der Waals surface area contributed by atoms with Crippen molar-refractivity contribution in [2.24, 2.45) is 11.7 Å². The molecule has 18 heavy (non-hydrogen) atoms. The molecular formula is C10H20N4O2S2. The van der Waals surface area contributed by atoms with Gasteiger partial charge in [-0.1, -0.05) is 6.92 Å². The standard InChI is InChI=1S/C10H20N4O2S2/c1-9(8-17-2)5-13-18(15,16)10-6-12-14(7-10)4-3-11/h6-7,9,13H,3-5,8,11H2,1-2H3. The number of sulfonamides is 1. The van der Waals surface area contributed by atoms with Crippen LogP contribution in [0.5, 0.6) is 0 Å². The summed E-state index contributed by atoms with van der Waals surface area (Å²) in [4.78, 5) is 0.187. The predicted molar refractivity (Wildman–Crippen MR) is 74.0 cm³/mol. The molecule has 0 aliphatic heterocycles. The number of nitrogens with two attached hydrogens (primary N) is 1. The summed E-state index contributed by atoms with van der Waals surface area (Å²) in [6.07, 6.45) is 4.84. The van der Waals surface area contributed by atoms with Crippen LogP contribution in [0, 0.1) is 5.92 Å². The third kappa shape index (κ3) is 4.60. The van der Waals surface area contributed by atoms with Crippen molar-refractivity contribution in [1.29, 1.82) is 0 Å². The molecule has 1 aromatic rings. The van der Waals surface area contributed by atoms with Crippen LogP contribution in [-0.2, 0) is 16.6 Å². The molecule has 1 heterocycles. The molecule has 0 fully saturated rings. The summed E-state index contributed by atoms with van der Waals surface area (Å²) in [5.74, 6) is 1.23. The monoisotopic (exact) mass is 292 g/mol. The van der Waals surface area contributed by atoms with Crippen LogP contribution < -0.4 is 10.5 Å². The van der Waals surface area contributed by atoms with E-state index >= 15 is 0 Å². The van der Waals surface area contributed by atoms with E-state index in [0.717, 1.165) is 5.75 Å². The third-order valence-electron chi connectivity index (χ3n) is 2.35. The first-order valence-corrected chi connectivity index (χ1v) is 8.58. The summed E-state index contributed by atoms with van der Waals surface area (Å²) >= 11 is 1.70. The second-order valence-corrected chi connectivity index (χ2v) is 6.82. The smallest absolute Gasteiger partial charge is 0.243 e. The number of nitrogens with zero attached hydrogens (tertiary/aromatic N) is 2. The normalized spacial score (nSPS) is 13.7. The average molecular weight is 292 g/mol. The molecule has 3 N–H and O–H groups in total. The third-order valence-corrected chi connectivity index (χ3v) is 4.63. The van der Waals surface area contributed by atoms with Crippen LogP contribution in [0.3, 0.4) is 0 Å². The van der Waals surface area contributed by atoms with Gasteiger partial charge in [0.15, 0.2) is 0 Å². The van der Waals surface area contributed by atoms with Gasteiger partial charge in [-0.05, 0) is 17.9 Å². The molecule has 0 aromatic carbocycles. The quantitative estimate of drug-likeness (QED) is 0.710. The first-order chi connectivity index (χ1) is 8.49. The summed E-state index contributed by atoms with van der Waals surface area (Å²) in [6, 6.07) is 0. The SMILES string of the molecule is CSCC(C)CNS(=O)(=O)c1cnn(CCN)c1. The van der Waals surface area contributed by atoms with Crippen molar-refractivity contribution in [2.45, 2.75) is 18.4 Å². The van der Waals surface area contributed by atoms with E-state index in [1.54, 1.807) is 11.8 Å². The Balaban J connectivity index is 2.62. The van der Waals surface area contributed by atoms with Crippen LogP contribution in [0.2, 0.25) is 0 Å². The highest BCUT2D eigenvalue weighted by molar-refractivity contribution is 7.98. The molecule has 0 saturated carbocycles. The van der Waals surface area contributed by atoms with Crippen molar-refractivity contribution in [1.82, 2.24) is 14.5 Å². The Hall–Kier alpha value is -0.570. The van der Waals surface area contributed by atoms with E-state index < -0.39 is 10.0 Å². The number of hydrogen-bond donors (Lipinski definition) is 2. The first kappa shape index (κ1) is 15.5. The van der Waals surface area contributed by atoms with E-state index in [9.17, 15) is 8.42 Å². The van der Waals surface area contributed by atoms with Crippen molar-refractivity contribution in [2.75, 3.05) is 25.1 Å². The number of hydrogen-bond acceptors (Lipinski definition) is 5. The predicted octanol–water partition coefficient (Wildman–Crippen LogP) is 0.119. The second-order valence-electron chi connectivity index (χ2n) is 4.14. The molecule has 1 rings (SSSR count). The number of aromatic nitrogens is 2. The minimum absolute atomic E-state index is 0.187. The highest BCUT2D eigenvalue weighted by Crippen LogP contribution is 2.09. The molecule has 0 aliphatic rings. The lowest BCUT2D eigenvalue weighted by Crippen LogP contribution is -2.29. The molecule has 0 amide bonds. The van der Waals surface area contributed by atoms with E-state index in [-0.39, 0.29) is 4.90 Å². The number of thioether (sulfide) groups is 1. The number of rotatable bonds is 8. The molecule has 6 nitrogen and oxygen atoms in total. The molecule has 8 heteroatoms. The molecule has 0 spiro atoms. The summed E-state index contributed by atoms with van der Waals surface area (Å²) in [7, 11) is -3.45. The van der Waals surface area contributed by atoms with E-state index in [4.69, 9.17) is 5.73 Å². The second kappa shape index (κ2) is 7.13.